The summed E-state index contributed by atoms with van der Waals surface area (Å²) in [5.74, 6) is 1.41. The number of hydrogen-bond acceptors (Lipinski definition) is 6. The van der Waals surface area contributed by atoms with Crippen LogP contribution >= 0.6 is 0 Å². The van der Waals surface area contributed by atoms with Crippen LogP contribution in [0.25, 0.3) is 0 Å². The van der Waals surface area contributed by atoms with Crippen LogP contribution in [0.3, 0.4) is 0 Å². The first-order valence-electron chi connectivity index (χ1n) is 14.4. The fourth-order valence-electron chi connectivity index (χ4n) is 5.99. The lowest BCUT2D eigenvalue weighted by atomic mass is 9.82. The van der Waals surface area contributed by atoms with E-state index >= 15 is 0 Å². The van der Waals surface area contributed by atoms with Gasteiger partial charge in [-0.1, -0.05) is 36.4 Å². The number of amides is 2. The predicted molar refractivity (Wildman–Crippen MR) is 151 cm³/mol. The lowest BCUT2D eigenvalue weighted by Crippen LogP contribution is -2.47. The normalized spacial score (nSPS) is 22.8. The molecule has 39 heavy (non-hydrogen) atoms. The number of piperidine rings is 1. The monoisotopic (exact) mass is 531 g/mol. The van der Waals surface area contributed by atoms with Gasteiger partial charge in [0.05, 0.1) is 6.54 Å². The number of para-hydroxylation sites is 1. The van der Waals surface area contributed by atoms with E-state index in [0.29, 0.717) is 52.3 Å². The van der Waals surface area contributed by atoms with Gasteiger partial charge in [-0.2, -0.15) is 0 Å². The summed E-state index contributed by atoms with van der Waals surface area (Å²) in [5, 5.41) is 3.13. The van der Waals surface area contributed by atoms with Crippen molar-refractivity contribution in [3.05, 3.63) is 72.1 Å². The van der Waals surface area contributed by atoms with Gasteiger partial charge in [-0.15, -0.1) is 0 Å². The highest BCUT2D eigenvalue weighted by Crippen LogP contribution is 2.29. The van der Waals surface area contributed by atoms with Crippen LogP contribution in [-0.4, -0.2) is 83.9 Å². The van der Waals surface area contributed by atoms with Crippen LogP contribution in [0.4, 0.5) is 0 Å². The molecule has 8 nitrogen and oxygen atoms in total. The van der Waals surface area contributed by atoms with E-state index in [1.165, 1.54) is 12.8 Å². The molecular weight excluding hydrogens is 490 g/mol. The maximum atomic E-state index is 13.6. The third-order valence-electron chi connectivity index (χ3n) is 8.13. The van der Waals surface area contributed by atoms with E-state index in [1.54, 1.807) is 6.20 Å². The Bertz CT molecular complexity index is 1120. The van der Waals surface area contributed by atoms with Gasteiger partial charge in [0.1, 0.15) is 12.4 Å². The molecule has 3 aliphatic rings. The number of benzene rings is 1. The summed E-state index contributed by atoms with van der Waals surface area (Å²) >= 11 is 0. The predicted octanol–water partition coefficient (Wildman–Crippen LogP) is 3.10. The number of hydrogen-bond donors (Lipinski definition) is 1. The van der Waals surface area contributed by atoms with E-state index in [9.17, 15) is 9.59 Å². The Kier molecular flexibility index (Phi) is 9.61. The standard InChI is InChI=1S/C31H41N5O3/c37-30(33-13-17-34-14-3-4-15-34)19-26-11-16-36-23-27(26)9-6-18-39-29-10-2-1-8-28(29)22-35(24-31(36)38)21-25-7-5-12-32-20-25/h1-2,5-10,12,20,26-27H,3-4,11,13-19,21-24H2,(H,33,37)/t26-,27-/m0/s1. The fourth-order valence-corrected chi connectivity index (χ4v) is 5.99. The molecule has 0 spiro atoms. The highest BCUT2D eigenvalue weighted by molar-refractivity contribution is 5.79. The van der Waals surface area contributed by atoms with Gasteiger partial charge >= 0.3 is 0 Å². The second kappa shape index (κ2) is 13.7. The minimum absolute atomic E-state index is 0.114. The first-order chi connectivity index (χ1) is 19.1. The summed E-state index contributed by atoms with van der Waals surface area (Å²) in [6, 6.07) is 12.0. The Morgan fingerprint density at radius 2 is 1.92 bits per heavy atom. The topological polar surface area (TPSA) is 78.0 Å². The summed E-state index contributed by atoms with van der Waals surface area (Å²) in [4.78, 5) is 37.2. The van der Waals surface area contributed by atoms with Gasteiger partial charge in [-0.3, -0.25) is 19.5 Å². The zero-order valence-corrected chi connectivity index (χ0v) is 22.8. The second-order valence-corrected chi connectivity index (χ2v) is 11.0. The molecule has 3 aliphatic heterocycles. The molecule has 4 heterocycles. The molecule has 0 aliphatic carbocycles. The van der Waals surface area contributed by atoms with Crippen molar-refractivity contribution < 1.29 is 14.3 Å². The average Bonchev–Trinajstić information content (AvgIpc) is 3.46. The smallest absolute Gasteiger partial charge is 0.236 e. The minimum Gasteiger partial charge on any atom is -0.489 e. The molecule has 2 bridgehead atoms. The van der Waals surface area contributed by atoms with Crippen LogP contribution < -0.4 is 10.1 Å². The molecule has 5 rings (SSSR count). The number of fused-ring (bicyclic) bond motifs is 3. The number of pyridine rings is 1. The summed E-state index contributed by atoms with van der Waals surface area (Å²) in [5.41, 5.74) is 2.13. The first-order valence-corrected chi connectivity index (χ1v) is 14.4. The number of ether oxygens (including phenoxy) is 1. The van der Waals surface area contributed by atoms with Crippen LogP contribution in [0.1, 0.15) is 36.8 Å². The van der Waals surface area contributed by atoms with Crippen molar-refractivity contribution in [1.82, 2.24) is 25.0 Å². The molecule has 2 atom stereocenters. The quantitative estimate of drug-likeness (QED) is 0.554. The molecule has 1 N–H and O–H groups in total. The van der Waals surface area contributed by atoms with E-state index in [1.807, 2.05) is 41.4 Å². The van der Waals surface area contributed by atoms with Crippen molar-refractivity contribution in [3.8, 4) is 5.75 Å². The van der Waals surface area contributed by atoms with Crippen molar-refractivity contribution >= 4 is 11.8 Å². The largest absolute Gasteiger partial charge is 0.489 e. The molecule has 0 radical (unpaired) electrons. The van der Waals surface area contributed by atoms with E-state index in [-0.39, 0.29) is 23.7 Å². The van der Waals surface area contributed by atoms with Gasteiger partial charge in [0.25, 0.3) is 0 Å². The summed E-state index contributed by atoms with van der Waals surface area (Å²) < 4.78 is 6.17. The van der Waals surface area contributed by atoms with Gasteiger partial charge in [-0.05, 0) is 61.9 Å². The average molecular weight is 532 g/mol. The first kappa shape index (κ1) is 27.3. The van der Waals surface area contributed by atoms with E-state index in [0.717, 1.165) is 42.9 Å². The zero-order valence-electron chi connectivity index (χ0n) is 22.8. The Hall–Kier alpha value is -3.23. The number of carbonyl (C=O) groups excluding carboxylic acids is 2. The van der Waals surface area contributed by atoms with Crippen molar-refractivity contribution in [1.29, 1.82) is 0 Å². The lowest BCUT2D eigenvalue weighted by molar-refractivity contribution is -0.135. The molecule has 208 valence electrons. The van der Waals surface area contributed by atoms with E-state index < -0.39 is 0 Å². The van der Waals surface area contributed by atoms with Gasteiger partial charge in [0.2, 0.25) is 11.8 Å². The Balaban J connectivity index is 1.26. The molecule has 0 saturated carbocycles. The third-order valence-corrected chi connectivity index (χ3v) is 8.13. The number of aromatic nitrogens is 1. The molecule has 2 fully saturated rings. The highest BCUT2D eigenvalue weighted by Gasteiger charge is 2.32. The van der Waals surface area contributed by atoms with Gasteiger partial charge in [0.15, 0.2) is 0 Å². The van der Waals surface area contributed by atoms with Crippen LogP contribution in [0, 0.1) is 11.8 Å². The number of nitrogens with one attached hydrogen (secondary N) is 1. The Labute approximate surface area is 232 Å². The van der Waals surface area contributed by atoms with Gasteiger partial charge in [-0.25, -0.2) is 0 Å². The maximum Gasteiger partial charge on any atom is 0.236 e. The Morgan fingerprint density at radius 1 is 1.05 bits per heavy atom. The maximum absolute atomic E-state index is 13.6. The van der Waals surface area contributed by atoms with E-state index in [2.05, 4.69) is 38.3 Å². The molecule has 1 aromatic heterocycles. The van der Waals surface area contributed by atoms with Crippen molar-refractivity contribution in [2.45, 2.75) is 38.8 Å². The van der Waals surface area contributed by atoms with Crippen LogP contribution in [0.15, 0.2) is 60.9 Å². The van der Waals surface area contributed by atoms with Gasteiger partial charge < -0.3 is 19.9 Å². The van der Waals surface area contributed by atoms with Crippen LogP contribution in [0.5, 0.6) is 5.75 Å². The van der Waals surface area contributed by atoms with E-state index in [4.69, 9.17) is 4.74 Å². The molecule has 1 aromatic carbocycles. The lowest BCUT2D eigenvalue weighted by Gasteiger charge is -2.38. The van der Waals surface area contributed by atoms with Gasteiger partial charge in [0, 0.05) is 63.6 Å². The van der Waals surface area contributed by atoms with Crippen molar-refractivity contribution in [3.63, 3.8) is 0 Å². The van der Waals surface area contributed by atoms with Crippen molar-refractivity contribution in [2.24, 2.45) is 11.8 Å². The SMILES string of the molecule is O=C(C[C@@H]1CCN2C[C@@H]1C=CCOc1ccccc1CN(Cc1cccnc1)CC2=O)NCCN1CCCC1. The summed E-state index contributed by atoms with van der Waals surface area (Å²) in [6.07, 6.45) is 11.7. The fraction of sp³-hybridized carbons (Fsp3) is 0.516. The number of carbonyl (C=O) groups is 2. The zero-order chi connectivity index (χ0) is 26.9. The molecule has 8 heteroatoms. The highest BCUT2D eigenvalue weighted by atomic mass is 16.5. The Morgan fingerprint density at radius 3 is 2.77 bits per heavy atom. The third kappa shape index (κ3) is 7.90. The number of nitrogens with zero attached hydrogens (tertiary/aromatic N) is 4. The molecule has 2 aromatic rings. The molecular formula is C31H41N5O3. The molecule has 2 amide bonds. The van der Waals surface area contributed by atoms with Crippen molar-refractivity contribution in [2.75, 3.05) is 52.4 Å². The minimum atomic E-state index is 0.114. The van der Waals surface area contributed by atoms with Crippen LogP contribution in [-0.2, 0) is 22.7 Å². The molecule has 0 unspecified atom stereocenters. The summed E-state index contributed by atoms with van der Waals surface area (Å²) in [6.45, 7) is 7.25. The number of likely N-dealkylation sites (tertiary alicyclic amines) is 1. The number of rotatable bonds is 7. The van der Waals surface area contributed by atoms with Crippen LogP contribution in [0.2, 0.25) is 0 Å². The summed E-state index contributed by atoms with van der Waals surface area (Å²) in [7, 11) is 0. The second-order valence-electron chi connectivity index (χ2n) is 11.0. The molecule has 2 saturated heterocycles.